The molecule has 0 heterocycles. The Morgan fingerprint density at radius 3 is 2.11 bits per heavy atom. The smallest absolute Gasteiger partial charge is 0.130 e. The number of fused-ring (bicyclic) bond motifs is 3. The van der Waals surface area contributed by atoms with Crippen molar-refractivity contribution in [3.05, 3.63) is 59.7 Å². The van der Waals surface area contributed by atoms with Crippen molar-refractivity contribution in [3.8, 4) is 11.1 Å². The van der Waals surface area contributed by atoms with E-state index in [4.69, 9.17) is 0 Å². The molecule has 3 rings (SSSR count). The van der Waals surface area contributed by atoms with E-state index in [0.29, 0.717) is 18.3 Å². The SMILES string of the molecule is CC(=O)C[C@@H]1c2ccccc2-c2ccccc2[C@H]1C. The Morgan fingerprint density at radius 1 is 0.947 bits per heavy atom. The Balaban J connectivity index is 2.20. The molecule has 0 N–H and O–H groups in total. The fraction of sp³-hybridized carbons (Fsp3) is 0.278. The maximum Gasteiger partial charge on any atom is 0.130 e. The van der Waals surface area contributed by atoms with Gasteiger partial charge in [-0.15, -0.1) is 0 Å². The zero-order valence-corrected chi connectivity index (χ0v) is 11.4. The van der Waals surface area contributed by atoms with E-state index in [-0.39, 0.29) is 5.78 Å². The van der Waals surface area contributed by atoms with E-state index < -0.39 is 0 Å². The predicted molar refractivity (Wildman–Crippen MR) is 78.3 cm³/mol. The van der Waals surface area contributed by atoms with Crippen molar-refractivity contribution in [2.75, 3.05) is 0 Å². The predicted octanol–water partition coefficient (Wildman–Crippen LogP) is 4.53. The molecule has 0 radical (unpaired) electrons. The molecule has 2 aromatic carbocycles. The lowest BCUT2D eigenvalue weighted by atomic mass is 9.71. The van der Waals surface area contributed by atoms with E-state index in [1.165, 1.54) is 22.3 Å². The summed E-state index contributed by atoms with van der Waals surface area (Å²) in [5.74, 6) is 0.977. The van der Waals surface area contributed by atoms with Crippen molar-refractivity contribution >= 4 is 5.78 Å². The second-order valence-corrected chi connectivity index (χ2v) is 5.48. The molecule has 1 aliphatic carbocycles. The summed E-state index contributed by atoms with van der Waals surface area (Å²) in [7, 11) is 0. The molecule has 0 amide bonds. The molecule has 1 nitrogen and oxygen atoms in total. The molecular formula is C18H18O. The van der Waals surface area contributed by atoms with E-state index >= 15 is 0 Å². The van der Waals surface area contributed by atoms with Crippen molar-refractivity contribution in [1.29, 1.82) is 0 Å². The molecule has 0 saturated heterocycles. The Morgan fingerprint density at radius 2 is 1.47 bits per heavy atom. The molecular weight excluding hydrogens is 232 g/mol. The van der Waals surface area contributed by atoms with Crippen LogP contribution in [-0.4, -0.2) is 5.78 Å². The molecule has 0 unspecified atom stereocenters. The van der Waals surface area contributed by atoms with E-state index in [1.54, 1.807) is 6.92 Å². The van der Waals surface area contributed by atoms with Gasteiger partial charge in [0.05, 0.1) is 0 Å². The number of Topliss-reactive ketones (excluding diaryl/α,β-unsaturated/α-hetero) is 1. The van der Waals surface area contributed by atoms with E-state index in [0.717, 1.165) is 0 Å². The van der Waals surface area contributed by atoms with Gasteiger partial charge in [-0.1, -0.05) is 55.5 Å². The largest absolute Gasteiger partial charge is 0.300 e. The highest BCUT2D eigenvalue weighted by molar-refractivity contribution is 5.80. The van der Waals surface area contributed by atoms with Gasteiger partial charge in [0.2, 0.25) is 0 Å². The normalized spacial score (nSPS) is 20.5. The van der Waals surface area contributed by atoms with Gasteiger partial charge in [0.15, 0.2) is 0 Å². The third-order valence-corrected chi connectivity index (χ3v) is 4.21. The first-order chi connectivity index (χ1) is 9.18. The van der Waals surface area contributed by atoms with Crippen LogP contribution in [0.1, 0.15) is 43.2 Å². The minimum absolute atomic E-state index is 0.269. The minimum Gasteiger partial charge on any atom is -0.300 e. The standard InChI is InChI=1S/C18H18O/c1-12(19)11-18-13(2)14-7-3-4-8-15(14)16-9-5-6-10-17(16)18/h3-10,13,18H,11H2,1-2H3/t13-,18+/m1/s1. The lowest BCUT2D eigenvalue weighted by Gasteiger charge is -2.33. The van der Waals surface area contributed by atoms with Crippen molar-refractivity contribution < 1.29 is 4.79 Å². The molecule has 2 aromatic rings. The van der Waals surface area contributed by atoms with E-state index in [1.807, 2.05) is 0 Å². The van der Waals surface area contributed by atoms with Crippen molar-refractivity contribution in [1.82, 2.24) is 0 Å². The molecule has 96 valence electrons. The summed E-state index contributed by atoms with van der Waals surface area (Å²) in [6, 6.07) is 17.1. The van der Waals surface area contributed by atoms with Gasteiger partial charge >= 0.3 is 0 Å². The molecule has 1 aliphatic rings. The van der Waals surface area contributed by atoms with Crippen molar-refractivity contribution in [3.63, 3.8) is 0 Å². The quantitative estimate of drug-likeness (QED) is 0.765. The molecule has 0 fully saturated rings. The number of benzene rings is 2. The maximum atomic E-state index is 11.6. The van der Waals surface area contributed by atoms with Gasteiger partial charge in [-0.3, -0.25) is 0 Å². The zero-order valence-electron chi connectivity index (χ0n) is 11.4. The van der Waals surface area contributed by atoms with Gasteiger partial charge < -0.3 is 4.79 Å². The molecule has 19 heavy (non-hydrogen) atoms. The molecule has 0 aromatic heterocycles. The Kier molecular flexibility index (Phi) is 2.98. The average Bonchev–Trinajstić information content (AvgIpc) is 2.43. The number of hydrogen-bond donors (Lipinski definition) is 0. The van der Waals surface area contributed by atoms with Crippen molar-refractivity contribution in [2.45, 2.75) is 32.1 Å². The molecule has 0 spiro atoms. The monoisotopic (exact) mass is 250 g/mol. The number of carbonyl (C=O) groups is 1. The number of hydrogen-bond acceptors (Lipinski definition) is 1. The van der Waals surface area contributed by atoms with E-state index in [9.17, 15) is 4.79 Å². The van der Waals surface area contributed by atoms with Gasteiger partial charge in [-0.2, -0.15) is 0 Å². The topological polar surface area (TPSA) is 17.1 Å². The summed E-state index contributed by atoms with van der Waals surface area (Å²) in [5, 5.41) is 0. The summed E-state index contributed by atoms with van der Waals surface area (Å²) in [6.07, 6.45) is 0.631. The third-order valence-electron chi connectivity index (χ3n) is 4.21. The number of rotatable bonds is 2. The highest BCUT2D eigenvalue weighted by atomic mass is 16.1. The van der Waals surface area contributed by atoms with E-state index in [2.05, 4.69) is 55.5 Å². The van der Waals surface area contributed by atoms with Gasteiger partial charge in [-0.05, 0) is 41.0 Å². The molecule has 0 saturated carbocycles. The van der Waals surface area contributed by atoms with Gasteiger partial charge in [0.1, 0.15) is 5.78 Å². The maximum absolute atomic E-state index is 11.6. The summed E-state index contributed by atoms with van der Waals surface area (Å²) in [5.41, 5.74) is 5.31. The fourth-order valence-electron chi connectivity index (χ4n) is 3.29. The number of ketones is 1. The third kappa shape index (κ3) is 1.99. The summed E-state index contributed by atoms with van der Waals surface area (Å²) >= 11 is 0. The highest BCUT2D eigenvalue weighted by Gasteiger charge is 2.30. The van der Waals surface area contributed by atoms with Crippen LogP contribution in [0.15, 0.2) is 48.5 Å². The number of carbonyl (C=O) groups excluding carboxylic acids is 1. The first-order valence-corrected chi connectivity index (χ1v) is 6.86. The first kappa shape index (κ1) is 12.2. The van der Waals surface area contributed by atoms with Crippen LogP contribution in [-0.2, 0) is 4.79 Å². The molecule has 0 aliphatic heterocycles. The van der Waals surface area contributed by atoms with Crippen LogP contribution < -0.4 is 0 Å². The van der Waals surface area contributed by atoms with Crippen LogP contribution in [0.2, 0.25) is 0 Å². The van der Waals surface area contributed by atoms with Crippen LogP contribution >= 0.6 is 0 Å². The molecule has 0 bridgehead atoms. The lowest BCUT2D eigenvalue weighted by Crippen LogP contribution is -2.17. The van der Waals surface area contributed by atoms with Crippen LogP contribution in [0.5, 0.6) is 0 Å². The van der Waals surface area contributed by atoms with Gasteiger partial charge in [0, 0.05) is 6.42 Å². The Bertz CT molecular complexity index is 627. The average molecular weight is 250 g/mol. The Labute approximate surface area is 114 Å². The Hall–Kier alpha value is -1.89. The summed E-state index contributed by atoms with van der Waals surface area (Å²) in [6.45, 7) is 3.93. The van der Waals surface area contributed by atoms with Gasteiger partial charge in [-0.25, -0.2) is 0 Å². The van der Waals surface area contributed by atoms with Gasteiger partial charge in [0.25, 0.3) is 0 Å². The zero-order chi connectivity index (χ0) is 13.4. The first-order valence-electron chi connectivity index (χ1n) is 6.86. The van der Waals surface area contributed by atoms with Crippen LogP contribution in [0.3, 0.4) is 0 Å². The highest BCUT2D eigenvalue weighted by Crippen LogP contribution is 2.47. The summed E-state index contributed by atoms with van der Waals surface area (Å²) in [4.78, 5) is 11.6. The second-order valence-electron chi connectivity index (χ2n) is 5.48. The van der Waals surface area contributed by atoms with Crippen LogP contribution in [0, 0.1) is 0 Å². The fourth-order valence-corrected chi connectivity index (χ4v) is 3.29. The lowest BCUT2D eigenvalue weighted by molar-refractivity contribution is -0.117. The van der Waals surface area contributed by atoms with Crippen LogP contribution in [0.25, 0.3) is 11.1 Å². The van der Waals surface area contributed by atoms with Crippen LogP contribution in [0.4, 0.5) is 0 Å². The van der Waals surface area contributed by atoms with Crippen molar-refractivity contribution in [2.24, 2.45) is 0 Å². The summed E-state index contributed by atoms with van der Waals surface area (Å²) < 4.78 is 0. The molecule has 1 heteroatoms. The molecule has 2 atom stereocenters. The minimum atomic E-state index is 0.269. The second kappa shape index (κ2) is 4.65.